The number of benzene rings is 1. The molecule has 1 aromatic carbocycles. The number of H-pyrrole nitrogens is 1. The molecule has 0 spiro atoms. The van der Waals surface area contributed by atoms with Crippen LogP contribution in [0, 0.1) is 6.92 Å². The maximum absolute atomic E-state index is 12.3. The summed E-state index contributed by atoms with van der Waals surface area (Å²) in [6, 6.07) is 7.48. The highest BCUT2D eigenvalue weighted by Gasteiger charge is 2.20. The number of anilines is 1. The topological polar surface area (TPSA) is 99.3 Å². The summed E-state index contributed by atoms with van der Waals surface area (Å²) in [5.74, 6) is -0.607. The molecule has 1 amide bonds. The van der Waals surface area contributed by atoms with Crippen LogP contribution in [0.4, 0.5) is 5.69 Å². The lowest BCUT2D eigenvalue weighted by Crippen LogP contribution is -2.24. The molecular weight excluding hydrogens is 318 g/mol. The van der Waals surface area contributed by atoms with Crippen molar-refractivity contribution >= 4 is 21.6 Å². The van der Waals surface area contributed by atoms with Crippen molar-refractivity contribution in [3.05, 3.63) is 58.0 Å². The third-order valence-electron chi connectivity index (χ3n) is 3.27. The molecule has 0 bridgehead atoms. The van der Waals surface area contributed by atoms with Gasteiger partial charge in [0.1, 0.15) is 5.56 Å². The minimum Gasteiger partial charge on any atom is -0.328 e. The zero-order valence-electron chi connectivity index (χ0n) is 13.0. The quantitative estimate of drug-likeness (QED) is 0.876. The third-order valence-corrected chi connectivity index (χ3v) is 5.22. The molecular formula is C15H17N3O4S. The van der Waals surface area contributed by atoms with Crippen molar-refractivity contribution in [2.45, 2.75) is 11.8 Å². The van der Waals surface area contributed by atoms with E-state index in [0.29, 0.717) is 11.3 Å². The average Bonchev–Trinajstić information content (AvgIpc) is 2.49. The van der Waals surface area contributed by atoms with Crippen molar-refractivity contribution in [2.75, 3.05) is 19.4 Å². The summed E-state index contributed by atoms with van der Waals surface area (Å²) in [6.45, 7) is 1.67. The third kappa shape index (κ3) is 3.49. The summed E-state index contributed by atoms with van der Waals surface area (Å²) in [7, 11) is -0.756. The van der Waals surface area contributed by atoms with Crippen LogP contribution >= 0.6 is 0 Å². The highest BCUT2D eigenvalue weighted by Crippen LogP contribution is 2.22. The summed E-state index contributed by atoms with van der Waals surface area (Å²) in [5.41, 5.74) is 0.293. The van der Waals surface area contributed by atoms with Gasteiger partial charge in [0.05, 0.1) is 4.90 Å². The zero-order chi connectivity index (χ0) is 17.2. The minimum atomic E-state index is -3.62. The number of hydrogen-bond donors (Lipinski definition) is 2. The van der Waals surface area contributed by atoms with Gasteiger partial charge in [-0.15, -0.1) is 0 Å². The summed E-state index contributed by atoms with van der Waals surface area (Å²) in [4.78, 5) is 26.2. The standard InChI is InChI=1S/C15H17N3O4S/c1-10-6-7-11(9-13(10)23(21,22)18(2)3)17-15(20)12-5-4-8-16-14(12)19/h4-9H,1-3H3,(H,16,19)(H,17,20). The van der Waals surface area contributed by atoms with Gasteiger partial charge < -0.3 is 10.3 Å². The normalized spacial score (nSPS) is 11.5. The molecule has 0 aliphatic rings. The predicted octanol–water partition coefficient (Wildman–Crippen LogP) is 1.19. The molecule has 2 rings (SSSR count). The van der Waals surface area contributed by atoms with Gasteiger partial charge in [-0.2, -0.15) is 0 Å². The first-order chi connectivity index (χ1) is 10.7. The van der Waals surface area contributed by atoms with Crippen LogP contribution in [-0.4, -0.2) is 37.7 Å². The van der Waals surface area contributed by atoms with E-state index < -0.39 is 21.5 Å². The largest absolute Gasteiger partial charge is 0.328 e. The molecule has 2 N–H and O–H groups in total. The number of carbonyl (C=O) groups is 1. The van der Waals surface area contributed by atoms with Gasteiger partial charge in [0.25, 0.3) is 11.5 Å². The van der Waals surface area contributed by atoms with Crippen LogP contribution in [0.15, 0.2) is 46.2 Å². The Hall–Kier alpha value is -2.45. The number of pyridine rings is 1. The Balaban J connectivity index is 2.38. The molecule has 0 atom stereocenters. The SMILES string of the molecule is Cc1ccc(NC(=O)c2ccc[nH]c2=O)cc1S(=O)(=O)N(C)C. The van der Waals surface area contributed by atoms with E-state index in [1.807, 2.05) is 0 Å². The van der Waals surface area contributed by atoms with Gasteiger partial charge in [-0.1, -0.05) is 6.07 Å². The number of aromatic nitrogens is 1. The molecule has 2 aromatic rings. The Morgan fingerprint density at radius 3 is 2.52 bits per heavy atom. The summed E-state index contributed by atoms with van der Waals surface area (Å²) in [5, 5.41) is 2.54. The lowest BCUT2D eigenvalue weighted by Gasteiger charge is -2.15. The highest BCUT2D eigenvalue weighted by atomic mass is 32.2. The second-order valence-corrected chi connectivity index (χ2v) is 7.26. The molecule has 7 nitrogen and oxygen atoms in total. The van der Waals surface area contributed by atoms with E-state index in [2.05, 4.69) is 10.3 Å². The van der Waals surface area contributed by atoms with Gasteiger partial charge in [-0.3, -0.25) is 9.59 Å². The number of nitrogens with zero attached hydrogens (tertiary/aromatic N) is 1. The summed E-state index contributed by atoms with van der Waals surface area (Å²) < 4.78 is 25.6. The molecule has 0 saturated heterocycles. The van der Waals surface area contributed by atoms with Crippen LogP contribution in [0.2, 0.25) is 0 Å². The molecule has 0 unspecified atom stereocenters. The van der Waals surface area contributed by atoms with Crippen molar-refractivity contribution in [3.8, 4) is 0 Å². The van der Waals surface area contributed by atoms with E-state index in [-0.39, 0.29) is 10.5 Å². The number of aromatic amines is 1. The van der Waals surface area contributed by atoms with Gasteiger partial charge >= 0.3 is 0 Å². The predicted molar refractivity (Wildman–Crippen MR) is 87.1 cm³/mol. The molecule has 0 fully saturated rings. The maximum Gasteiger partial charge on any atom is 0.261 e. The van der Waals surface area contributed by atoms with E-state index in [1.54, 1.807) is 19.1 Å². The number of amides is 1. The molecule has 8 heteroatoms. The number of nitrogens with one attached hydrogen (secondary N) is 2. The lowest BCUT2D eigenvalue weighted by atomic mass is 10.2. The van der Waals surface area contributed by atoms with E-state index in [9.17, 15) is 18.0 Å². The van der Waals surface area contributed by atoms with E-state index in [4.69, 9.17) is 0 Å². The van der Waals surface area contributed by atoms with Crippen LogP contribution in [-0.2, 0) is 10.0 Å². The van der Waals surface area contributed by atoms with Crippen LogP contribution in [0.25, 0.3) is 0 Å². The zero-order valence-corrected chi connectivity index (χ0v) is 13.8. The van der Waals surface area contributed by atoms with Crippen molar-refractivity contribution in [3.63, 3.8) is 0 Å². The average molecular weight is 335 g/mol. The van der Waals surface area contributed by atoms with Crippen LogP contribution < -0.4 is 10.9 Å². The van der Waals surface area contributed by atoms with Gasteiger partial charge in [-0.25, -0.2) is 12.7 Å². The van der Waals surface area contributed by atoms with Crippen LogP contribution in [0.3, 0.4) is 0 Å². The first-order valence-electron chi connectivity index (χ1n) is 6.75. The first kappa shape index (κ1) is 16.9. The van der Waals surface area contributed by atoms with Crippen LogP contribution in [0.5, 0.6) is 0 Å². The van der Waals surface area contributed by atoms with Gasteiger partial charge in [0.2, 0.25) is 10.0 Å². The Labute approximate surface area is 134 Å². The van der Waals surface area contributed by atoms with Crippen molar-refractivity contribution in [1.82, 2.24) is 9.29 Å². The molecule has 0 aliphatic heterocycles. The van der Waals surface area contributed by atoms with E-state index in [1.165, 1.54) is 38.5 Å². The number of hydrogen-bond acceptors (Lipinski definition) is 4. The van der Waals surface area contributed by atoms with Crippen molar-refractivity contribution in [2.24, 2.45) is 0 Å². The second kappa shape index (κ2) is 6.35. The smallest absolute Gasteiger partial charge is 0.261 e. The number of aryl methyl sites for hydroxylation is 1. The van der Waals surface area contributed by atoms with Crippen LogP contribution in [0.1, 0.15) is 15.9 Å². The fraction of sp³-hybridized carbons (Fsp3) is 0.200. The fourth-order valence-corrected chi connectivity index (χ4v) is 3.10. The first-order valence-corrected chi connectivity index (χ1v) is 8.19. The summed E-state index contributed by atoms with van der Waals surface area (Å²) in [6.07, 6.45) is 1.42. The second-order valence-electron chi connectivity index (χ2n) is 5.13. The molecule has 1 aromatic heterocycles. The number of sulfonamides is 1. The van der Waals surface area contributed by atoms with Crippen molar-refractivity contribution in [1.29, 1.82) is 0 Å². The molecule has 1 heterocycles. The Morgan fingerprint density at radius 1 is 1.22 bits per heavy atom. The summed E-state index contributed by atoms with van der Waals surface area (Å²) >= 11 is 0. The van der Waals surface area contributed by atoms with Gasteiger partial charge in [0, 0.05) is 26.0 Å². The molecule has 122 valence electrons. The number of rotatable bonds is 4. The Bertz CT molecular complexity index is 901. The van der Waals surface area contributed by atoms with E-state index in [0.717, 1.165) is 4.31 Å². The maximum atomic E-state index is 12.3. The minimum absolute atomic E-state index is 0.0508. The van der Waals surface area contributed by atoms with Crippen molar-refractivity contribution < 1.29 is 13.2 Å². The molecule has 0 radical (unpaired) electrons. The Kier molecular flexibility index (Phi) is 4.67. The fourth-order valence-electron chi connectivity index (χ4n) is 1.95. The van der Waals surface area contributed by atoms with Gasteiger partial charge in [-0.05, 0) is 36.8 Å². The van der Waals surface area contributed by atoms with Gasteiger partial charge in [0.15, 0.2) is 0 Å². The highest BCUT2D eigenvalue weighted by molar-refractivity contribution is 7.89. The monoisotopic (exact) mass is 335 g/mol. The van der Waals surface area contributed by atoms with E-state index >= 15 is 0 Å². The molecule has 0 saturated carbocycles. The number of carbonyl (C=O) groups excluding carboxylic acids is 1. The lowest BCUT2D eigenvalue weighted by molar-refractivity contribution is 0.102. The Morgan fingerprint density at radius 2 is 1.91 bits per heavy atom. The molecule has 23 heavy (non-hydrogen) atoms. The molecule has 0 aliphatic carbocycles.